The molecule has 0 aliphatic carbocycles. The Morgan fingerprint density at radius 2 is 1.67 bits per heavy atom. The topological polar surface area (TPSA) is 61.5 Å². The van der Waals surface area contributed by atoms with Crippen molar-refractivity contribution in [1.29, 1.82) is 0 Å². The zero-order valence-corrected chi connectivity index (χ0v) is 13.9. The van der Waals surface area contributed by atoms with Crippen molar-refractivity contribution in [3.8, 4) is 5.75 Å². The Balaban J connectivity index is 2.77. The lowest BCUT2D eigenvalue weighted by atomic mass is 10.0. The first-order valence-corrected chi connectivity index (χ1v) is 7.27. The maximum atomic E-state index is 12.1. The number of esters is 1. The Morgan fingerprint density at radius 1 is 1.14 bits per heavy atom. The largest absolute Gasteiger partial charge is 0.476 e. The van der Waals surface area contributed by atoms with E-state index in [9.17, 15) is 4.79 Å². The highest BCUT2D eigenvalue weighted by Gasteiger charge is 2.34. The van der Waals surface area contributed by atoms with Crippen LogP contribution in [-0.4, -0.2) is 23.7 Å². The van der Waals surface area contributed by atoms with Crippen molar-refractivity contribution in [3.05, 3.63) is 29.8 Å². The van der Waals surface area contributed by atoms with Crippen molar-refractivity contribution in [2.75, 3.05) is 6.54 Å². The quantitative estimate of drug-likeness (QED) is 0.847. The number of carbonyl (C=O) groups is 1. The van der Waals surface area contributed by atoms with Crippen LogP contribution < -0.4 is 10.5 Å². The van der Waals surface area contributed by atoms with E-state index in [1.807, 2.05) is 45.0 Å². The minimum Gasteiger partial charge on any atom is -0.476 e. The van der Waals surface area contributed by atoms with Crippen LogP contribution in [0.25, 0.3) is 0 Å². The summed E-state index contributed by atoms with van der Waals surface area (Å²) in [5.41, 5.74) is 5.24. The molecule has 1 rings (SSSR count). The standard InChI is InChI=1S/C17H27NO3/c1-12(11-18)13-7-9-14(10-8-13)20-17(5,6)15(19)21-16(2,3)4/h7-10,12H,11,18H2,1-6H3. The number of nitrogens with two attached hydrogens (primary N) is 1. The fourth-order valence-corrected chi connectivity index (χ4v) is 1.74. The van der Waals surface area contributed by atoms with Gasteiger partial charge in [-0.1, -0.05) is 19.1 Å². The van der Waals surface area contributed by atoms with Crippen LogP contribution in [0, 0.1) is 0 Å². The second-order valence-corrected chi connectivity index (χ2v) is 6.82. The molecule has 0 aromatic heterocycles. The molecule has 1 aromatic rings. The number of hydrogen-bond donors (Lipinski definition) is 1. The van der Waals surface area contributed by atoms with E-state index in [1.165, 1.54) is 0 Å². The normalized spacial score (nSPS) is 13.7. The van der Waals surface area contributed by atoms with Gasteiger partial charge in [-0.15, -0.1) is 0 Å². The number of hydrogen-bond acceptors (Lipinski definition) is 4. The number of rotatable bonds is 5. The second kappa shape index (κ2) is 6.48. The van der Waals surface area contributed by atoms with Gasteiger partial charge in [0, 0.05) is 0 Å². The first-order chi connectivity index (χ1) is 9.55. The van der Waals surface area contributed by atoms with Gasteiger partial charge in [0.1, 0.15) is 11.4 Å². The molecule has 0 fully saturated rings. The van der Waals surface area contributed by atoms with Gasteiger partial charge in [-0.25, -0.2) is 4.79 Å². The van der Waals surface area contributed by atoms with E-state index in [-0.39, 0.29) is 5.97 Å². The summed E-state index contributed by atoms with van der Waals surface area (Å²) < 4.78 is 11.1. The van der Waals surface area contributed by atoms with Gasteiger partial charge in [0.2, 0.25) is 0 Å². The first kappa shape index (κ1) is 17.5. The third kappa shape index (κ3) is 5.38. The zero-order chi connectivity index (χ0) is 16.3. The fraction of sp³-hybridized carbons (Fsp3) is 0.588. The van der Waals surface area contributed by atoms with Gasteiger partial charge in [0.25, 0.3) is 0 Å². The van der Waals surface area contributed by atoms with Gasteiger partial charge in [-0.2, -0.15) is 0 Å². The van der Waals surface area contributed by atoms with Crippen LogP contribution in [-0.2, 0) is 9.53 Å². The monoisotopic (exact) mass is 293 g/mol. The predicted octanol–water partition coefficient (Wildman–Crippen LogP) is 3.25. The zero-order valence-electron chi connectivity index (χ0n) is 13.9. The van der Waals surface area contributed by atoms with Crippen LogP contribution in [0.15, 0.2) is 24.3 Å². The van der Waals surface area contributed by atoms with E-state index in [4.69, 9.17) is 15.2 Å². The Labute approximate surface area is 127 Å². The molecule has 1 unspecified atom stereocenters. The number of ether oxygens (including phenoxy) is 2. The highest BCUT2D eigenvalue weighted by Crippen LogP contribution is 2.24. The van der Waals surface area contributed by atoms with Crippen molar-refractivity contribution in [2.45, 2.75) is 58.7 Å². The van der Waals surface area contributed by atoms with Gasteiger partial charge in [0.05, 0.1) is 0 Å². The van der Waals surface area contributed by atoms with E-state index in [2.05, 4.69) is 6.92 Å². The molecule has 0 spiro atoms. The van der Waals surface area contributed by atoms with Crippen molar-refractivity contribution < 1.29 is 14.3 Å². The lowest BCUT2D eigenvalue weighted by Gasteiger charge is -2.29. The van der Waals surface area contributed by atoms with Crippen molar-refractivity contribution in [3.63, 3.8) is 0 Å². The molecule has 1 atom stereocenters. The summed E-state index contributed by atoms with van der Waals surface area (Å²) in [4.78, 5) is 12.1. The summed E-state index contributed by atoms with van der Waals surface area (Å²) in [6.45, 7) is 11.6. The molecule has 1 aromatic carbocycles. The highest BCUT2D eigenvalue weighted by atomic mass is 16.6. The summed E-state index contributed by atoms with van der Waals surface area (Å²) in [7, 11) is 0. The molecule has 0 amide bonds. The Bertz CT molecular complexity index is 472. The Kier molecular flexibility index (Phi) is 5.40. The fourth-order valence-electron chi connectivity index (χ4n) is 1.74. The molecule has 4 heteroatoms. The molecular weight excluding hydrogens is 266 g/mol. The Hall–Kier alpha value is -1.55. The van der Waals surface area contributed by atoms with Crippen LogP contribution in [0.2, 0.25) is 0 Å². The van der Waals surface area contributed by atoms with Crippen LogP contribution in [0.1, 0.15) is 53.0 Å². The van der Waals surface area contributed by atoms with Gasteiger partial charge >= 0.3 is 5.97 Å². The molecule has 0 saturated heterocycles. The lowest BCUT2D eigenvalue weighted by Crippen LogP contribution is -2.43. The van der Waals surface area contributed by atoms with E-state index >= 15 is 0 Å². The van der Waals surface area contributed by atoms with E-state index < -0.39 is 11.2 Å². The molecule has 0 radical (unpaired) electrons. The second-order valence-electron chi connectivity index (χ2n) is 6.82. The number of carbonyl (C=O) groups excluding carboxylic acids is 1. The maximum Gasteiger partial charge on any atom is 0.350 e. The van der Waals surface area contributed by atoms with Crippen LogP contribution >= 0.6 is 0 Å². The summed E-state index contributed by atoms with van der Waals surface area (Å²) in [5.74, 6) is 0.561. The van der Waals surface area contributed by atoms with Gasteiger partial charge in [-0.3, -0.25) is 0 Å². The van der Waals surface area contributed by atoms with E-state index in [0.717, 1.165) is 5.56 Å². The molecular formula is C17H27NO3. The minimum atomic E-state index is -1.03. The summed E-state index contributed by atoms with van der Waals surface area (Å²) in [6.07, 6.45) is 0. The van der Waals surface area contributed by atoms with E-state index in [0.29, 0.717) is 18.2 Å². The van der Waals surface area contributed by atoms with Gasteiger partial charge < -0.3 is 15.2 Å². The van der Waals surface area contributed by atoms with Gasteiger partial charge in [-0.05, 0) is 64.8 Å². The smallest absolute Gasteiger partial charge is 0.350 e. The van der Waals surface area contributed by atoms with Crippen molar-refractivity contribution in [2.24, 2.45) is 5.73 Å². The average molecular weight is 293 g/mol. The maximum absolute atomic E-state index is 12.1. The van der Waals surface area contributed by atoms with Crippen LogP contribution in [0.4, 0.5) is 0 Å². The highest BCUT2D eigenvalue weighted by molar-refractivity contribution is 5.79. The molecule has 118 valence electrons. The molecule has 0 heterocycles. The summed E-state index contributed by atoms with van der Waals surface area (Å²) in [5, 5.41) is 0. The summed E-state index contributed by atoms with van der Waals surface area (Å²) >= 11 is 0. The first-order valence-electron chi connectivity index (χ1n) is 7.27. The molecule has 2 N–H and O–H groups in total. The van der Waals surface area contributed by atoms with Crippen molar-refractivity contribution >= 4 is 5.97 Å². The minimum absolute atomic E-state index is 0.304. The molecule has 0 bridgehead atoms. The predicted molar refractivity (Wildman–Crippen MR) is 84.5 cm³/mol. The van der Waals surface area contributed by atoms with Gasteiger partial charge in [0.15, 0.2) is 5.60 Å². The lowest BCUT2D eigenvalue weighted by molar-refractivity contribution is -0.170. The van der Waals surface area contributed by atoms with E-state index in [1.54, 1.807) is 13.8 Å². The molecule has 4 nitrogen and oxygen atoms in total. The summed E-state index contributed by atoms with van der Waals surface area (Å²) in [6, 6.07) is 7.65. The molecule has 21 heavy (non-hydrogen) atoms. The molecule has 0 aliphatic heterocycles. The van der Waals surface area contributed by atoms with Crippen LogP contribution in [0.5, 0.6) is 5.75 Å². The van der Waals surface area contributed by atoms with Crippen molar-refractivity contribution in [1.82, 2.24) is 0 Å². The average Bonchev–Trinajstić information content (AvgIpc) is 2.36. The third-order valence-corrected chi connectivity index (χ3v) is 3.07. The molecule has 0 aliphatic rings. The number of benzene rings is 1. The molecule has 0 saturated carbocycles. The SMILES string of the molecule is CC(CN)c1ccc(OC(C)(C)C(=O)OC(C)(C)C)cc1. The Morgan fingerprint density at radius 3 is 2.10 bits per heavy atom. The van der Waals surface area contributed by atoms with Crippen LogP contribution in [0.3, 0.4) is 0 Å². The third-order valence-electron chi connectivity index (χ3n) is 3.07.